The molecule has 0 atom stereocenters. The summed E-state index contributed by atoms with van der Waals surface area (Å²) in [7, 11) is 0. The van der Waals surface area contributed by atoms with E-state index >= 15 is 0 Å². The predicted molar refractivity (Wildman–Crippen MR) is 110 cm³/mol. The Morgan fingerprint density at radius 1 is 0.933 bits per heavy atom. The van der Waals surface area contributed by atoms with E-state index in [0.717, 1.165) is 6.07 Å². The number of halogens is 2. The molecule has 2 aromatic rings. The van der Waals surface area contributed by atoms with E-state index in [1.807, 2.05) is 0 Å². The summed E-state index contributed by atoms with van der Waals surface area (Å²) in [6.07, 6.45) is 1.69. The van der Waals surface area contributed by atoms with Gasteiger partial charge in [-0.05, 0) is 30.3 Å². The Labute approximate surface area is 179 Å². The van der Waals surface area contributed by atoms with Crippen LogP contribution in [0.4, 0.5) is 10.2 Å². The molecule has 2 aliphatic rings. The lowest BCUT2D eigenvalue weighted by molar-refractivity contribution is 0.0535. The molecule has 0 radical (unpaired) electrons. The van der Waals surface area contributed by atoms with E-state index in [0.29, 0.717) is 63.9 Å². The second-order valence-electron chi connectivity index (χ2n) is 7.18. The molecule has 7 nitrogen and oxygen atoms in total. The Morgan fingerprint density at radius 2 is 1.57 bits per heavy atom. The first-order valence-corrected chi connectivity index (χ1v) is 10.2. The third kappa shape index (κ3) is 4.24. The van der Waals surface area contributed by atoms with Crippen molar-refractivity contribution in [2.75, 3.05) is 57.4 Å². The number of carbonyl (C=O) groups is 2. The number of nitrogens with zero attached hydrogens (tertiary/aromatic N) is 4. The minimum atomic E-state index is -0.487. The third-order valence-corrected chi connectivity index (χ3v) is 5.66. The van der Waals surface area contributed by atoms with E-state index in [1.54, 1.807) is 28.1 Å². The Hall–Kier alpha value is -2.71. The van der Waals surface area contributed by atoms with Gasteiger partial charge in [-0.1, -0.05) is 11.6 Å². The number of aromatic nitrogens is 1. The molecule has 158 valence electrons. The maximum atomic E-state index is 13.3. The van der Waals surface area contributed by atoms with Gasteiger partial charge in [0.25, 0.3) is 11.8 Å². The largest absolute Gasteiger partial charge is 0.378 e. The van der Waals surface area contributed by atoms with Crippen LogP contribution in [-0.2, 0) is 4.74 Å². The third-order valence-electron chi connectivity index (χ3n) is 5.34. The van der Waals surface area contributed by atoms with Crippen LogP contribution in [-0.4, -0.2) is 79.1 Å². The van der Waals surface area contributed by atoms with Crippen LogP contribution >= 0.6 is 11.6 Å². The van der Waals surface area contributed by atoms with Crippen LogP contribution < -0.4 is 4.90 Å². The summed E-state index contributed by atoms with van der Waals surface area (Å²) in [6.45, 7) is 4.17. The lowest BCUT2D eigenvalue weighted by Crippen LogP contribution is -2.51. The Bertz CT molecular complexity index is 944. The van der Waals surface area contributed by atoms with Crippen molar-refractivity contribution in [3.8, 4) is 0 Å². The molecule has 1 aromatic carbocycles. The molecule has 2 saturated heterocycles. The van der Waals surface area contributed by atoms with Gasteiger partial charge in [-0.15, -0.1) is 0 Å². The van der Waals surface area contributed by atoms with Gasteiger partial charge in [0.2, 0.25) is 0 Å². The summed E-state index contributed by atoms with van der Waals surface area (Å²) in [5, 5.41) is 0.0871. The van der Waals surface area contributed by atoms with Gasteiger partial charge in [0.1, 0.15) is 11.6 Å². The zero-order chi connectivity index (χ0) is 21.1. The van der Waals surface area contributed by atoms with Crippen LogP contribution in [0.15, 0.2) is 36.5 Å². The van der Waals surface area contributed by atoms with Gasteiger partial charge in [-0.3, -0.25) is 9.59 Å². The predicted octanol–water partition coefficient (Wildman–Crippen LogP) is 2.31. The van der Waals surface area contributed by atoms with Crippen molar-refractivity contribution in [1.29, 1.82) is 0 Å². The number of rotatable bonds is 3. The summed E-state index contributed by atoms with van der Waals surface area (Å²) in [6, 6.07) is 7.28. The van der Waals surface area contributed by atoms with Crippen molar-refractivity contribution in [3.05, 3.63) is 58.5 Å². The zero-order valence-electron chi connectivity index (χ0n) is 16.4. The molecule has 4 rings (SSSR count). The number of piperazine rings is 1. The molecular weight excluding hydrogens is 411 g/mol. The highest BCUT2D eigenvalue weighted by Gasteiger charge is 2.29. The minimum absolute atomic E-state index is 0.0871. The first-order valence-electron chi connectivity index (χ1n) is 9.86. The smallest absolute Gasteiger partial charge is 0.257 e. The van der Waals surface area contributed by atoms with Crippen molar-refractivity contribution in [2.45, 2.75) is 0 Å². The molecule has 2 fully saturated rings. The zero-order valence-corrected chi connectivity index (χ0v) is 17.1. The molecule has 0 N–H and O–H groups in total. The second kappa shape index (κ2) is 8.97. The standard InChI is InChI=1S/C21H22ClFN4O3/c22-18-14-15(23)3-4-16(18)20(28)26-6-8-27(9-7-26)21(29)17-2-1-5-24-19(17)25-10-12-30-13-11-25/h1-5,14H,6-13H2. The number of carbonyl (C=O) groups excluding carboxylic acids is 2. The van der Waals surface area contributed by atoms with Gasteiger partial charge < -0.3 is 19.4 Å². The van der Waals surface area contributed by atoms with Gasteiger partial charge in [0, 0.05) is 45.5 Å². The topological polar surface area (TPSA) is 66.0 Å². The number of benzene rings is 1. The summed E-state index contributed by atoms with van der Waals surface area (Å²) < 4.78 is 18.6. The summed E-state index contributed by atoms with van der Waals surface area (Å²) >= 11 is 6.02. The molecule has 0 saturated carbocycles. The van der Waals surface area contributed by atoms with Gasteiger partial charge in [-0.2, -0.15) is 0 Å². The van der Waals surface area contributed by atoms with E-state index in [1.165, 1.54) is 12.1 Å². The first-order chi connectivity index (χ1) is 14.5. The number of hydrogen-bond acceptors (Lipinski definition) is 5. The van der Waals surface area contributed by atoms with Gasteiger partial charge >= 0.3 is 0 Å². The van der Waals surface area contributed by atoms with Crippen molar-refractivity contribution in [1.82, 2.24) is 14.8 Å². The Kier molecular flexibility index (Phi) is 6.15. The molecule has 9 heteroatoms. The van der Waals surface area contributed by atoms with E-state index in [9.17, 15) is 14.0 Å². The second-order valence-corrected chi connectivity index (χ2v) is 7.59. The maximum Gasteiger partial charge on any atom is 0.257 e. The SMILES string of the molecule is O=C(c1ccc(F)cc1Cl)N1CCN(C(=O)c2cccnc2N2CCOCC2)CC1. The fourth-order valence-corrected chi connectivity index (χ4v) is 3.96. The van der Waals surface area contributed by atoms with Crippen molar-refractivity contribution in [3.63, 3.8) is 0 Å². The van der Waals surface area contributed by atoms with Gasteiger partial charge in [0.05, 0.1) is 29.4 Å². The lowest BCUT2D eigenvalue weighted by atomic mass is 10.1. The summed E-state index contributed by atoms with van der Waals surface area (Å²) in [5.74, 6) is -0.180. The number of hydrogen-bond donors (Lipinski definition) is 0. The number of ether oxygens (including phenoxy) is 1. The molecule has 3 heterocycles. The van der Waals surface area contributed by atoms with E-state index in [2.05, 4.69) is 9.88 Å². The van der Waals surface area contributed by atoms with Crippen LogP contribution in [0.1, 0.15) is 20.7 Å². The maximum absolute atomic E-state index is 13.3. The van der Waals surface area contributed by atoms with Crippen LogP contribution in [0.25, 0.3) is 0 Å². The lowest BCUT2D eigenvalue weighted by Gasteiger charge is -2.36. The minimum Gasteiger partial charge on any atom is -0.378 e. The number of pyridine rings is 1. The molecule has 2 aliphatic heterocycles. The van der Waals surface area contributed by atoms with Crippen molar-refractivity contribution >= 4 is 29.2 Å². The Balaban J connectivity index is 1.43. The van der Waals surface area contributed by atoms with E-state index in [-0.39, 0.29) is 22.4 Å². The number of morpholine rings is 1. The highest BCUT2D eigenvalue weighted by Crippen LogP contribution is 2.23. The normalized spacial score (nSPS) is 17.2. The van der Waals surface area contributed by atoms with E-state index in [4.69, 9.17) is 16.3 Å². The highest BCUT2D eigenvalue weighted by molar-refractivity contribution is 6.33. The quantitative estimate of drug-likeness (QED) is 0.744. The average molecular weight is 433 g/mol. The van der Waals surface area contributed by atoms with Crippen LogP contribution in [0.5, 0.6) is 0 Å². The molecule has 30 heavy (non-hydrogen) atoms. The van der Waals surface area contributed by atoms with Crippen molar-refractivity contribution < 1.29 is 18.7 Å². The fourth-order valence-electron chi connectivity index (χ4n) is 3.71. The molecule has 0 unspecified atom stereocenters. The van der Waals surface area contributed by atoms with Crippen LogP contribution in [0.2, 0.25) is 5.02 Å². The van der Waals surface area contributed by atoms with Crippen LogP contribution in [0, 0.1) is 5.82 Å². The Morgan fingerprint density at radius 3 is 2.20 bits per heavy atom. The summed E-state index contributed by atoms with van der Waals surface area (Å²) in [4.78, 5) is 35.7. The van der Waals surface area contributed by atoms with E-state index < -0.39 is 5.82 Å². The number of amides is 2. The number of anilines is 1. The summed E-state index contributed by atoms with van der Waals surface area (Å²) in [5.41, 5.74) is 0.820. The van der Waals surface area contributed by atoms with Gasteiger partial charge in [0.15, 0.2) is 0 Å². The highest BCUT2D eigenvalue weighted by atomic mass is 35.5. The fraction of sp³-hybridized carbons (Fsp3) is 0.381. The molecule has 0 bridgehead atoms. The average Bonchev–Trinajstić information content (AvgIpc) is 2.79. The molecule has 2 amide bonds. The van der Waals surface area contributed by atoms with Gasteiger partial charge in [-0.25, -0.2) is 9.37 Å². The molecule has 0 aliphatic carbocycles. The monoisotopic (exact) mass is 432 g/mol. The first kappa shape index (κ1) is 20.6. The molecular formula is C21H22ClFN4O3. The van der Waals surface area contributed by atoms with Crippen molar-refractivity contribution in [2.24, 2.45) is 0 Å². The molecule has 1 aromatic heterocycles. The molecule has 0 spiro atoms. The van der Waals surface area contributed by atoms with Crippen LogP contribution in [0.3, 0.4) is 0 Å².